The summed E-state index contributed by atoms with van der Waals surface area (Å²) in [6, 6.07) is 10.0. The van der Waals surface area contributed by atoms with Crippen LogP contribution in [0.1, 0.15) is 36.7 Å². The molecule has 0 saturated heterocycles. The molecule has 2 rings (SSSR count). The smallest absolute Gasteiger partial charge is 0.343 e. The van der Waals surface area contributed by atoms with Gasteiger partial charge in [0.15, 0.2) is 0 Å². The molecule has 3 nitrogen and oxygen atoms in total. The Hall–Kier alpha value is -1.71. The minimum atomic E-state index is -0.487. The van der Waals surface area contributed by atoms with Crippen LogP contribution in [0.15, 0.2) is 36.4 Å². The largest absolute Gasteiger partial charge is 0.497 e. The maximum absolute atomic E-state index is 12.4. The van der Waals surface area contributed by atoms with Gasteiger partial charge in [-0.25, -0.2) is 4.79 Å². The lowest BCUT2D eigenvalue weighted by atomic mass is 9.86. The van der Waals surface area contributed by atoms with Crippen LogP contribution in [0.3, 0.4) is 0 Å². The van der Waals surface area contributed by atoms with Crippen molar-refractivity contribution in [3.63, 3.8) is 0 Å². The second-order valence-corrected chi connectivity index (χ2v) is 6.94. The zero-order chi connectivity index (χ0) is 17.2. The van der Waals surface area contributed by atoms with E-state index in [1.54, 1.807) is 31.4 Å². The lowest BCUT2D eigenvalue weighted by molar-refractivity contribution is 0.0731. The zero-order valence-corrected chi connectivity index (χ0v) is 15.0. The van der Waals surface area contributed by atoms with E-state index in [4.69, 9.17) is 32.7 Å². The Labute approximate surface area is 146 Å². The number of carbonyl (C=O) groups is 1. The predicted octanol–water partition coefficient (Wildman–Crippen LogP) is 5.52. The molecule has 2 aromatic rings. The molecule has 0 unspecified atom stereocenters. The summed E-state index contributed by atoms with van der Waals surface area (Å²) >= 11 is 11.8. The lowest BCUT2D eigenvalue weighted by Gasteiger charge is -2.23. The van der Waals surface area contributed by atoms with Gasteiger partial charge in [0.25, 0.3) is 0 Å². The Morgan fingerprint density at radius 3 is 2.26 bits per heavy atom. The number of hydrogen-bond acceptors (Lipinski definition) is 3. The number of rotatable bonds is 3. The summed E-state index contributed by atoms with van der Waals surface area (Å²) in [5, 5.41) is 0.704. The van der Waals surface area contributed by atoms with E-state index in [0.29, 0.717) is 27.1 Å². The minimum Gasteiger partial charge on any atom is -0.497 e. The van der Waals surface area contributed by atoms with Crippen LogP contribution in [-0.4, -0.2) is 13.1 Å². The van der Waals surface area contributed by atoms with Crippen molar-refractivity contribution in [2.75, 3.05) is 7.11 Å². The van der Waals surface area contributed by atoms with Crippen LogP contribution in [0, 0.1) is 0 Å². The summed E-state index contributed by atoms with van der Waals surface area (Å²) in [4.78, 5) is 12.4. The first-order valence-corrected chi connectivity index (χ1v) is 7.83. The lowest BCUT2D eigenvalue weighted by Crippen LogP contribution is -2.16. The SMILES string of the molecule is COc1ccc(OC(=O)c2ccc(Cl)c(Cl)c2)c(C(C)(C)C)c1. The number of ether oxygens (including phenoxy) is 2. The molecule has 0 heterocycles. The Balaban J connectivity index is 2.35. The molecule has 0 saturated carbocycles. The molecule has 0 aromatic heterocycles. The van der Waals surface area contributed by atoms with E-state index in [-0.39, 0.29) is 5.41 Å². The number of methoxy groups -OCH3 is 1. The molecule has 0 radical (unpaired) electrons. The number of esters is 1. The molecule has 2 aromatic carbocycles. The molecule has 0 aliphatic carbocycles. The Kier molecular flexibility index (Phi) is 5.23. The summed E-state index contributed by atoms with van der Waals surface area (Å²) in [6.07, 6.45) is 0. The van der Waals surface area contributed by atoms with Gasteiger partial charge in [0.2, 0.25) is 0 Å². The average molecular weight is 353 g/mol. The summed E-state index contributed by atoms with van der Waals surface area (Å²) in [6.45, 7) is 6.12. The van der Waals surface area contributed by atoms with E-state index in [1.165, 1.54) is 6.07 Å². The quantitative estimate of drug-likeness (QED) is 0.538. The standard InChI is InChI=1S/C18H18Cl2O3/c1-18(2,3)13-10-12(22-4)6-8-16(13)23-17(21)11-5-7-14(19)15(20)9-11/h5-10H,1-4H3. The Morgan fingerprint density at radius 2 is 1.70 bits per heavy atom. The monoisotopic (exact) mass is 352 g/mol. The van der Waals surface area contributed by atoms with Gasteiger partial charge in [0.05, 0.1) is 22.7 Å². The van der Waals surface area contributed by atoms with E-state index in [0.717, 1.165) is 5.56 Å². The molecule has 0 aliphatic heterocycles. The fourth-order valence-electron chi connectivity index (χ4n) is 2.09. The highest BCUT2D eigenvalue weighted by Crippen LogP contribution is 2.35. The van der Waals surface area contributed by atoms with Crippen molar-refractivity contribution in [1.82, 2.24) is 0 Å². The van der Waals surface area contributed by atoms with Gasteiger partial charge in [-0.05, 0) is 41.8 Å². The summed E-state index contributed by atoms with van der Waals surface area (Å²) in [5.41, 5.74) is 1.02. The van der Waals surface area contributed by atoms with Gasteiger partial charge in [0.1, 0.15) is 11.5 Å². The van der Waals surface area contributed by atoms with Gasteiger partial charge < -0.3 is 9.47 Å². The van der Waals surface area contributed by atoms with E-state index in [1.807, 2.05) is 26.8 Å². The van der Waals surface area contributed by atoms with Gasteiger partial charge in [-0.2, -0.15) is 0 Å². The Bertz CT molecular complexity index is 734. The number of carbonyl (C=O) groups excluding carboxylic acids is 1. The fraction of sp³-hybridized carbons (Fsp3) is 0.278. The van der Waals surface area contributed by atoms with E-state index >= 15 is 0 Å². The van der Waals surface area contributed by atoms with Crippen LogP contribution in [0.4, 0.5) is 0 Å². The van der Waals surface area contributed by atoms with E-state index < -0.39 is 5.97 Å². The van der Waals surface area contributed by atoms with Crippen LogP contribution in [0.5, 0.6) is 11.5 Å². The van der Waals surface area contributed by atoms with Gasteiger partial charge in [-0.15, -0.1) is 0 Å². The Morgan fingerprint density at radius 1 is 1.00 bits per heavy atom. The fourth-order valence-corrected chi connectivity index (χ4v) is 2.39. The molecular weight excluding hydrogens is 335 g/mol. The second-order valence-electron chi connectivity index (χ2n) is 6.13. The molecule has 0 atom stereocenters. The minimum absolute atomic E-state index is 0.207. The zero-order valence-electron chi connectivity index (χ0n) is 13.4. The molecule has 0 spiro atoms. The first kappa shape index (κ1) is 17.6. The molecule has 0 fully saturated rings. The molecule has 0 N–H and O–H groups in total. The third-order valence-corrected chi connectivity index (χ3v) is 4.09. The van der Waals surface area contributed by atoms with Crippen molar-refractivity contribution in [3.8, 4) is 11.5 Å². The van der Waals surface area contributed by atoms with Crippen molar-refractivity contribution in [1.29, 1.82) is 0 Å². The van der Waals surface area contributed by atoms with Crippen molar-refractivity contribution in [2.45, 2.75) is 26.2 Å². The van der Waals surface area contributed by atoms with E-state index in [2.05, 4.69) is 0 Å². The highest BCUT2D eigenvalue weighted by atomic mass is 35.5. The number of benzene rings is 2. The molecule has 5 heteroatoms. The second kappa shape index (κ2) is 6.81. The third kappa shape index (κ3) is 4.18. The maximum Gasteiger partial charge on any atom is 0.343 e. The molecule has 122 valence electrons. The van der Waals surface area contributed by atoms with Gasteiger partial charge >= 0.3 is 5.97 Å². The molecule has 0 bridgehead atoms. The highest BCUT2D eigenvalue weighted by molar-refractivity contribution is 6.42. The molecule has 23 heavy (non-hydrogen) atoms. The maximum atomic E-state index is 12.4. The van der Waals surface area contributed by atoms with Gasteiger partial charge in [-0.3, -0.25) is 0 Å². The molecule has 0 amide bonds. The normalized spacial score (nSPS) is 11.2. The van der Waals surface area contributed by atoms with Gasteiger partial charge in [-0.1, -0.05) is 44.0 Å². The van der Waals surface area contributed by atoms with Crippen LogP contribution < -0.4 is 9.47 Å². The van der Waals surface area contributed by atoms with E-state index in [9.17, 15) is 4.79 Å². The third-order valence-electron chi connectivity index (χ3n) is 3.35. The summed E-state index contributed by atoms with van der Waals surface area (Å²) in [7, 11) is 1.60. The van der Waals surface area contributed by atoms with Crippen molar-refractivity contribution < 1.29 is 14.3 Å². The van der Waals surface area contributed by atoms with Crippen molar-refractivity contribution in [3.05, 3.63) is 57.6 Å². The van der Waals surface area contributed by atoms with Crippen molar-refractivity contribution in [2.24, 2.45) is 0 Å². The van der Waals surface area contributed by atoms with Crippen LogP contribution >= 0.6 is 23.2 Å². The van der Waals surface area contributed by atoms with Crippen molar-refractivity contribution >= 4 is 29.2 Å². The van der Waals surface area contributed by atoms with Gasteiger partial charge in [0, 0.05) is 5.56 Å². The summed E-state index contributed by atoms with van der Waals surface area (Å²) in [5.74, 6) is 0.720. The highest BCUT2D eigenvalue weighted by Gasteiger charge is 2.22. The topological polar surface area (TPSA) is 35.5 Å². The van der Waals surface area contributed by atoms with Crippen LogP contribution in [0.25, 0.3) is 0 Å². The predicted molar refractivity (Wildman–Crippen MR) is 93.1 cm³/mol. The molecular formula is C18H18Cl2O3. The van der Waals surface area contributed by atoms with Crippen LogP contribution in [-0.2, 0) is 5.41 Å². The van der Waals surface area contributed by atoms with Crippen LogP contribution in [0.2, 0.25) is 10.0 Å². The number of halogens is 2. The first-order chi connectivity index (χ1) is 10.7. The summed E-state index contributed by atoms with van der Waals surface area (Å²) < 4.78 is 10.8. The molecule has 0 aliphatic rings. The average Bonchev–Trinajstić information content (AvgIpc) is 2.49. The number of hydrogen-bond donors (Lipinski definition) is 0. The first-order valence-electron chi connectivity index (χ1n) is 7.08.